The van der Waals surface area contributed by atoms with E-state index in [0.29, 0.717) is 6.42 Å². The van der Waals surface area contributed by atoms with Crippen molar-refractivity contribution in [3.8, 4) is 11.8 Å². The number of rotatable bonds is 2. The molecule has 2 aliphatic heterocycles. The number of aliphatic hydroxyl groups excluding tert-OH is 1. The van der Waals surface area contributed by atoms with Crippen LogP contribution in [-0.2, 0) is 4.79 Å². The van der Waals surface area contributed by atoms with Crippen LogP contribution in [0.1, 0.15) is 42.5 Å². The minimum absolute atomic E-state index is 0.0154. The highest BCUT2D eigenvalue weighted by Gasteiger charge is 2.45. The molecular formula is C23H24N2O2. The van der Waals surface area contributed by atoms with Crippen molar-refractivity contribution in [1.82, 2.24) is 4.90 Å². The monoisotopic (exact) mass is 360 g/mol. The second-order valence-electron chi connectivity index (χ2n) is 7.19. The molecule has 3 atom stereocenters. The van der Waals surface area contributed by atoms with E-state index in [1.807, 2.05) is 54.3 Å². The average molecular weight is 360 g/mol. The van der Waals surface area contributed by atoms with Crippen LogP contribution in [-0.4, -0.2) is 35.1 Å². The Morgan fingerprint density at radius 1 is 1.19 bits per heavy atom. The Bertz CT molecular complexity index is 898. The van der Waals surface area contributed by atoms with Crippen molar-refractivity contribution >= 4 is 11.6 Å². The third-order valence-electron chi connectivity index (χ3n) is 5.62. The van der Waals surface area contributed by atoms with Gasteiger partial charge in [-0.3, -0.25) is 4.79 Å². The second-order valence-corrected chi connectivity index (χ2v) is 7.19. The standard InChI is InChI=1S/C23H24N2O2/c1-2-22(27)25-13-12-18-21(15-26)24-20-11-10-17(14-19(20)23(18)25)9-8-16-6-4-3-5-7-16/h3-7,10-11,14,18,21,23-24,26H,2,12-13,15H2,1H3/t18-,21+,23-/m0/s1. The van der Waals surface area contributed by atoms with Crippen LogP contribution in [0.5, 0.6) is 0 Å². The molecule has 0 saturated carbocycles. The van der Waals surface area contributed by atoms with Gasteiger partial charge in [0.2, 0.25) is 5.91 Å². The number of carbonyl (C=O) groups excluding carboxylic acids is 1. The lowest BCUT2D eigenvalue weighted by atomic mass is 9.82. The van der Waals surface area contributed by atoms with E-state index < -0.39 is 0 Å². The lowest BCUT2D eigenvalue weighted by Gasteiger charge is -2.39. The largest absolute Gasteiger partial charge is 0.394 e. The van der Waals surface area contributed by atoms with E-state index >= 15 is 0 Å². The molecule has 27 heavy (non-hydrogen) atoms. The van der Waals surface area contributed by atoms with Gasteiger partial charge in [-0.05, 0) is 42.3 Å². The molecule has 2 heterocycles. The van der Waals surface area contributed by atoms with E-state index in [-0.39, 0.29) is 30.5 Å². The Morgan fingerprint density at radius 2 is 1.96 bits per heavy atom. The van der Waals surface area contributed by atoms with Crippen molar-refractivity contribution in [3.05, 3.63) is 65.2 Å². The molecule has 0 unspecified atom stereocenters. The van der Waals surface area contributed by atoms with Crippen LogP contribution < -0.4 is 5.32 Å². The quantitative estimate of drug-likeness (QED) is 0.809. The predicted octanol–water partition coefficient (Wildman–Crippen LogP) is 3.17. The zero-order chi connectivity index (χ0) is 18.8. The fourth-order valence-electron chi connectivity index (χ4n) is 4.29. The number of likely N-dealkylation sites (tertiary alicyclic amines) is 1. The number of fused-ring (bicyclic) bond motifs is 3. The molecule has 0 bridgehead atoms. The van der Waals surface area contributed by atoms with Crippen LogP contribution in [0.25, 0.3) is 0 Å². The third kappa shape index (κ3) is 3.31. The van der Waals surface area contributed by atoms with E-state index in [1.165, 1.54) is 0 Å². The minimum Gasteiger partial charge on any atom is -0.394 e. The predicted molar refractivity (Wildman–Crippen MR) is 106 cm³/mol. The van der Waals surface area contributed by atoms with Gasteiger partial charge in [-0.2, -0.15) is 0 Å². The summed E-state index contributed by atoms with van der Waals surface area (Å²) in [5, 5.41) is 13.3. The number of carbonyl (C=O) groups is 1. The Labute approximate surface area is 160 Å². The number of nitrogens with zero attached hydrogens (tertiary/aromatic N) is 1. The molecule has 4 nitrogen and oxygen atoms in total. The summed E-state index contributed by atoms with van der Waals surface area (Å²) >= 11 is 0. The number of aliphatic hydroxyl groups is 1. The topological polar surface area (TPSA) is 52.6 Å². The van der Waals surface area contributed by atoms with E-state index in [0.717, 1.165) is 35.3 Å². The average Bonchev–Trinajstić information content (AvgIpc) is 3.17. The maximum absolute atomic E-state index is 12.5. The summed E-state index contributed by atoms with van der Waals surface area (Å²) in [6, 6.07) is 16.1. The Morgan fingerprint density at radius 3 is 2.70 bits per heavy atom. The van der Waals surface area contributed by atoms with Crippen LogP contribution in [0, 0.1) is 17.8 Å². The number of nitrogens with one attached hydrogen (secondary N) is 1. The lowest BCUT2D eigenvalue weighted by Crippen LogP contribution is -2.42. The second kappa shape index (κ2) is 7.46. The van der Waals surface area contributed by atoms with Gasteiger partial charge in [0.15, 0.2) is 0 Å². The molecule has 0 aromatic heterocycles. The summed E-state index contributed by atoms with van der Waals surface area (Å²) in [5.41, 5.74) is 4.03. The van der Waals surface area contributed by atoms with Gasteiger partial charge in [0.25, 0.3) is 0 Å². The summed E-state index contributed by atoms with van der Waals surface area (Å²) in [7, 11) is 0. The van der Waals surface area contributed by atoms with E-state index in [2.05, 4.69) is 23.2 Å². The highest BCUT2D eigenvalue weighted by molar-refractivity contribution is 5.77. The summed E-state index contributed by atoms with van der Waals surface area (Å²) in [5.74, 6) is 6.85. The van der Waals surface area contributed by atoms with Gasteiger partial charge in [-0.15, -0.1) is 0 Å². The van der Waals surface area contributed by atoms with Crippen molar-refractivity contribution in [2.45, 2.75) is 31.8 Å². The van der Waals surface area contributed by atoms with E-state index in [4.69, 9.17) is 0 Å². The van der Waals surface area contributed by atoms with Gasteiger partial charge < -0.3 is 15.3 Å². The van der Waals surface area contributed by atoms with Gasteiger partial charge in [-0.25, -0.2) is 0 Å². The van der Waals surface area contributed by atoms with E-state index in [1.54, 1.807) is 0 Å². The molecule has 1 fully saturated rings. The number of amides is 1. The van der Waals surface area contributed by atoms with Gasteiger partial charge in [-0.1, -0.05) is 37.0 Å². The first kappa shape index (κ1) is 17.6. The number of hydrogen-bond acceptors (Lipinski definition) is 3. The van der Waals surface area contributed by atoms with Gasteiger partial charge in [0.05, 0.1) is 18.7 Å². The van der Waals surface area contributed by atoms with Crippen molar-refractivity contribution < 1.29 is 9.90 Å². The van der Waals surface area contributed by atoms with Gasteiger partial charge >= 0.3 is 0 Å². The highest BCUT2D eigenvalue weighted by atomic mass is 16.3. The molecule has 4 rings (SSSR count). The van der Waals surface area contributed by atoms with Crippen molar-refractivity contribution in [2.24, 2.45) is 5.92 Å². The molecule has 1 amide bonds. The van der Waals surface area contributed by atoms with Crippen molar-refractivity contribution in [1.29, 1.82) is 0 Å². The zero-order valence-corrected chi connectivity index (χ0v) is 15.5. The molecule has 2 aliphatic rings. The van der Waals surface area contributed by atoms with Crippen LogP contribution in [0.2, 0.25) is 0 Å². The maximum Gasteiger partial charge on any atom is 0.222 e. The summed E-state index contributed by atoms with van der Waals surface area (Å²) < 4.78 is 0. The molecule has 2 N–H and O–H groups in total. The number of hydrogen-bond donors (Lipinski definition) is 2. The number of benzene rings is 2. The van der Waals surface area contributed by atoms with Crippen LogP contribution in [0.4, 0.5) is 5.69 Å². The zero-order valence-electron chi connectivity index (χ0n) is 15.5. The molecule has 0 radical (unpaired) electrons. The van der Waals surface area contributed by atoms with Gasteiger partial charge in [0.1, 0.15) is 0 Å². The minimum atomic E-state index is -0.0154. The summed E-state index contributed by atoms with van der Waals surface area (Å²) in [6.07, 6.45) is 1.41. The normalized spacial score (nSPS) is 22.9. The number of anilines is 1. The Hall–Kier alpha value is -2.77. The van der Waals surface area contributed by atoms with Gasteiger partial charge in [0, 0.05) is 35.7 Å². The Balaban J connectivity index is 1.72. The third-order valence-corrected chi connectivity index (χ3v) is 5.62. The molecule has 138 valence electrons. The molecular weight excluding hydrogens is 336 g/mol. The fraction of sp³-hybridized carbons (Fsp3) is 0.348. The van der Waals surface area contributed by atoms with Crippen molar-refractivity contribution in [2.75, 3.05) is 18.5 Å². The lowest BCUT2D eigenvalue weighted by molar-refractivity contribution is -0.132. The van der Waals surface area contributed by atoms with E-state index in [9.17, 15) is 9.90 Å². The molecule has 4 heteroatoms. The highest BCUT2D eigenvalue weighted by Crippen LogP contribution is 2.46. The molecule has 2 aromatic carbocycles. The maximum atomic E-state index is 12.5. The first-order valence-corrected chi connectivity index (χ1v) is 9.59. The Kier molecular flexibility index (Phi) is 4.87. The summed E-state index contributed by atoms with van der Waals surface area (Å²) in [4.78, 5) is 14.5. The molecule has 0 aliphatic carbocycles. The molecule has 1 saturated heterocycles. The van der Waals surface area contributed by atoms with Crippen LogP contribution >= 0.6 is 0 Å². The van der Waals surface area contributed by atoms with Crippen LogP contribution in [0.15, 0.2) is 48.5 Å². The first-order valence-electron chi connectivity index (χ1n) is 9.59. The first-order chi connectivity index (χ1) is 13.2. The fourth-order valence-corrected chi connectivity index (χ4v) is 4.29. The smallest absolute Gasteiger partial charge is 0.222 e. The van der Waals surface area contributed by atoms with Crippen molar-refractivity contribution in [3.63, 3.8) is 0 Å². The van der Waals surface area contributed by atoms with Crippen LogP contribution in [0.3, 0.4) is 0 Å². The molecule has 0 spiro atoms. The molecule has 2 aromatic rings. The summed E-state index contributed by atoms with van der Waals surface area (Å²) in [6.45, 7) is 2.73. The SMILES string of the molecule is CCC(=O)N1CC[C@@H]2[C@H]1c1cc(C#Cc3ccccc3)ccc1N[C@@H]2CO.